The Kier molecular flexibility index (Phi) is 4.83. The van der Waals surface area contributed by atoms with Crippen molar-refractivity contribution < 1.29 is 13.9 Å². The normalized spacial score (nSPS) is 18.2. The summed E-state index contributed by atoms with van der Waals surface area (Å²) < 4.78 is 18.9. The minimum atomic E-state index is -0.846. The second kappa shape index (κ2) is 6.85. The molecule has 1 N–H and O–H groups in total. The molecule has 0 bridgehead atoms. The predicted molar refractivity (Wildman–Crippen MR) is 87.5 cm³/mol. The summed E-state index contributed by atoms with van der Waals surface area (Å²) in [5.74, 6) is 1.76. The fourth-order valence-corrected chi connectivity index (χ4v) is 3.24. The first-order valence-electron chi connectivity index (χ1n) is 8.37. The monoisotopic (exact) mass is 317 g/mol. The summed E-state index contributed by atoms with van der Waals surface area (Å²) >= 11 is 0. The van der Waals surface area contributed by atoms with Gasteiger partial charge >= 0.3 is 0 Å². The number of piperidine rings is 1. The summed E-state index contributed by atoms with van der Waals surface area (Å²) in [6.45, 7) is 4.53. The molecular formula is C19H24FNO2. The second-order valence-corrected chi connectivity index (χ2v) is 6.43. The minimum absolute atomic E-state index is 0.268. The number of halogens is 1. The highest BCUT2D eigenvalue weighted by molar-refractivity contribution is 5.23. The molecule has 0 aliphatic carbocycles. The largest absolute Gasteiger partial charge is 0.465 e. The van der Waals surface area contributed by atoms with Gasteiger partial charge in [0.15, 0.2) is 0 Å². The maximum absolute atomic E-state index is 13.0. The lowest BCUT2D eigenvalue weighted by Crippen LogP contribution is -2.42. The van der Waals surface area contributed by atoms with Gasteiger partial charge in [-0.15, -0.1) is 0 Å². The summed E-state index contributed by atoms with van der Waals surface area (Å²) in [6, 6.07) is 10.3. The molecule has 0 atom stereocenters. The van der Waals surface area contributed by atoms with E-state index in [1.165, 1.54) is 12.1 Å². The third-order valence-electron chi connectivity index (χ3n) is 4.66. The van der Waals surface area contributed by atoms with Crippen LogP contribution in [0, 0.1) is 5.82 Å². The van der Waals surface area contributed by atoms with Gasteiger partial charge < -0.3 is 9.52 Å². The number of benzene rings is 1. The summed E-state index contributed by atoms with van der Waals surface area (Å²) in [5.41, 5.74) is -0.0393. The average molecular weight is 317 g/mol. The van der Waals surface area contributed by atoms with Crippen LogP contribution in [0.3, 0.4) is 0 Å². The van der Waals surface area contributed by atoms with Crippen molar-refractivity contribution in [2.24, 2.45) is 0 Å². The summed E-state index contributed by atoms with van der Waals surface area (Å²) in [7, 11) is 0. The van der Waals surface area contributed by atoms with Crippen LogP contribution in [-0.4, -0.2) is 23.1 Å². The lowest BCUT2D eigenvalue weighted by atomic mass is 9.84. The van der Waals surface area contributed by atoms with E-state index < -0.39 is 5.60 Å². The van der Waals surface area contributed by atoms with Gasteiger partial charge in [-0.3, -0.25) is 4.90 Å². The van der Waals surface area contributed by atoms with Gasteiger partial charge in [-0.2, -0.15) is 0 Å². The first kappa shape index (κ1) is 16.2. The number of nitrogens with zero attached hydrogens (tertiary/aromatic N) is 1. The van der Waals surface area contributed by atoms with Crippen LogP contribution >= 0.6 is 0 Å². The van der Waals surface area contributed by atoms with Gasteiger partial charge in [0, 0.05) is 19.5 Å². The Labute approximate surface area is 136 Å². The Bertz CT molecular complexity index is 627. The molecule has 4 heteroatoms. The highest BCUT2D eigenvalue weighted by Crippen LogP contribution is 2.33. The predicted octanol–water partition coefficient (Wildman–Crippen LogP) is 3.85. The van der Waals surface area contributed by atoms with E-state index in [1.807, 2.05) is 6.07 Å². The van der Waals surface area contributed by atoms with E-state index in [0.29, 0.717) is 12.8 Å². The van der Waals surface area contributed by atoms with Crippen molar-refractivity contribution in [2.75, 3.05) is 13.1 Å². The molecule has 0 unspecified atom stereocenters. The van der Waals surface area contributed by atoms with Crippen molar-refractivity contribution >= 4 is 0 Å². The molecule has 1 aromatic carbocycles. The number of furan rings is 1. The summed E-state index contributed by atoms with van der Waals surface area (Å²) in [4.78, 5) is 2.30. The average Bonchev–Trinajstić information content (AvgIpc) is 2.98. The fourth-order valence-electron chi connectivity index (χ4n) is 3.24. The number of hydrogen-bond donors (Lipinski definition) is 1. The molecule has 1 saturated heterocycles. The Morgan fingerprint density at radius 1 is 1.09 bits per heavy atom. The van der Waals surface area contributed by atoms with Crippen LogP contribution in [0.25, 0.3) is 0 Å². The van der Waals surface area contributed by atoms with Crippen LogP contribution in [-0.2, 0) is 18.6 Å². The molecule has 0 spiro atoms. The van der Waals surface area contributed by atoms with Gasteiger partial charge in [0.05, 0.1) is 12.1 Å². The Morgan fingerprint density at radius 2 is 1.74 bits per heavy atom. The van der Waals surface area contributed by atoms with Crippen molar-refractivity contribution in [2.45, 2.75) is 44.8 Å². The van der Waals surface area contributed by atoms with Gasteiger partial charge in [0.25, 0.3) is 0 Å². The molecule has 3 nitrogen and oxygen atoms in total. The fraction of sp³-hybridized carbons (Fsp3) is 0.474. The lowest BCUT2D eigenvalue weighted by molar-refractivity contribution is -0.0290. The third kappa shape index (κ3) is 3.82. The van der Waals surface area contributed by atoms with E-state index in [9.17, 15) is 9.50 Å². The van der Waals surface area contributed by atoms with Crippen molar-refractivity contribution in [3.63, 3.8) is 0 Å². The SMILES string of the molecule is CCCc1ccc(CN2CCC(O)(c3ccc(F)cc3)CC2)o1. The first-order valence-corrected chi connectivity index (χ1v) is 8.37. The van der Waals surface area contributed by atoms with Crippen LogP contribution in [0.4, 0.5) is 4.39 Å². The van der Waals surface area contributed by atoms with E-state index in [4.69, 9.17) is 4.42 Å². The molecule has 1 aromatic heterocycles. The first-order chi connectivity index (χ1) is 11.1. The van der Waals surface area contributed by atoms with Crippen molar-refractivity contribution in [1.82, 2.24) is 4.90 Å². The van der Waals surface area contributed by atoms with E-state index in [0.717, 1.165) is 49.6 Å². The molecule has 0 amide bonds. The molecule has 23 heavy (non-hydrogen) atoms. The van der Waals surface area contributed by atoms with Crippen LogP contribution in [0.1, 0.15) is 43.3 Å². The topological polar surface area (TPSA) is 36.6 Å². The van der Waals surface area contributed by atoms with Crippen LogP contribution in [0.2, 0.25) is 0 Å². The lowest BCUT2D eigenvalue weighted by Gasteiger charge is -2.38. The Hall–Kier alpha value is -1.65. The minimum Gasteiger partial charge on any atom is -0.465 e. The summed E-state index contributed by atoms with van der Waals surface area (Å²) in [6.07, 6.45) is 3.37. The number of likely N-dealkylation sites (tertiary alicyclic amines) is 1. The molecule has 3 rings (SSSR count). The van der Waals surface area contributed by atoms with Crippen molar-refractivity contribution in [3.05, 3.63) is 59.3 Å². The number of aliphatic hydroxyl groups is 1. The van der Waals surface area contributed by atoms with Gasteiger partial charge in [0.2, 0.25) is 0 Å². The summed E-state index contributed by atoms with van der Waals surface area (Å²) in [5, 5.41) is 10.8. The van der Waals surface area contributed by atoms with Crippen LogP contribution in [0.15, 0.2) is 40.8 Å². The maximum Gasteiger partial charge on any atom is 0.123 e. The van der Waals surface area contributed by atoms with Crippen molar-refractivity contribution in [1.29, 1.82) is 0 Å². The Morgan fingerprint density at radius 3 is 2.39 bits per heavy atom. The Balaban J connectivity index is 1.58. The van der Waals surface area contributed by atoms with Gasteiger partial charge in [0.1, 0.15) is 17.3 Å². The maximum atomic E-state index is 13.0. The third-order valence-corrected chi connectivity index (χ3v) is 4.66. The molecular weight excluding hydrogens is 293 g/mol. The molecule has 2 heterocycles. The van der Waals surface area contributed by atoms with E-state index in [2.05, 4.69) is 17.9 Å². The van der Waals surface area contributed by atoms with Gasteiger partial charge in [-0.1, -0.05) is 19.1 Å². The van der Waals surface area contributed by atoms with Gasteiger partial charge in [-0.25, -0.2) is 4.39 Å². The molecule has 1 fully saturated rings. The standard InChI is InChI=1S/C19H24FNO2/c1-2-3-17-8-9-18(23-17)14-21-12-10-19(22,11-13-21)15-4-6-16(20)7-5-15/h4-9,22H,2-3,10-14H2,1H3. The molecule has 0 saturated carbocycles. The zero-order valence-corrected chi connectivity index (χ0v) is 13.6. The number of rotatable bonds is 5. The number of hydrogen-bond acceptors (Lipinski definition) is 3. The van der Waals surface area contributed by atoms with E-state index in [1.54, 1.807) is 12.1 Å². The molecule has 0 radical (unpaired) electrons. The zero-order valence-electron chi connectivity index (χ0n) is 13.6. The quantitative estimate of drug-likeness (QED) is 0.910. The smallest absolute Gasteiger partial charge is 0.123 e. The second-order valence-electron chi connectivity index (χ2n) is 6.43. The van der Waals surface area contributed by atoms with Gasteiger partial charge in [-0.05, 0) is 49.1 Å². The van der Waals surface area contributed by atoms with Crippen LogP contribution < -0.4 is 0 Å². The van der Waals surface area contributed by atoms with Crippen LogP contribution in [0.5, 0.6) is 0 Å². The highest BCUT2D eigenvalue weighted by atomic mass is 19.1. The zero-order chi connectivity index (χ0) is 16.3. The van der Waals surface area contributed by atoms with E-state index >= 15 is 0 Å². The molecule has 2 aromatic rings. The molecule has 124 valence electrons. The molecule has 1 aliphatic rings. The number of aryl methyl sites for hydroxylation is 1. The molecule has 1 aliphatic heterocycles. The highest BCUT2D eigenvalue weighted by Gasteiger charge is 2.34. The van der Waals surface area contributed by atoms with E-state index in [-0.39, 0.29) is 5.82 Å². The van der Waals surface area contributed by atoms with Crippen molar-refractivity contribution in [3.8, 4) is 0 Å².